The molecule has 0 fully saturated rings. The van der Waals surface area contributed by atoms with Gasteiger partial charge in [-0.3, -0.25) is 4.79 Å². The maximum atomic E-state index is 12.1. The van der Waals surface area contributed by atoms with Gasteiger partial charge in [0.2, 0.25) is 0 Å². The smallest absolute Gasteiger partial charge is 0.374 e. The fourth-order valence-electron chi connectivity index (χ4n) is 4.17. The molecule has 0 aromatic rings. The zero-order chi connectivity index (χ0) is 24.5. The third-order valence-corrected chi connectivity index (χ3v) is 10.1. The number of thioether (sulfide) groups is 1. The molecule has 0 spiro atoms. The Morgan fingerprint density at radius 1 is 0.576 bits per heavy atom. The highest BCUT2D eigenvalue weighted by atomic mass is 32.2. The Kier molecular flexibility index (Phi) is 25.3. The van der Waals surface area contributed by atoms with Crippen molar-refractivity contribution in [1.29, 1.82) is 0 Å². The molecule has 0 saturated carbocycles. The molecular weight excluding hydrogens is 448 g/mol. The van der Waals surface area contributed by atoms with Gasteiger partial charge in [-0.15, -0.1) is 0 Å². The molecule has 0 aliphatic heterocycles. The molecule has 0 radical (unpaired) electrons. The first-order chi connectivity index (χ1) is 16.1. The van der Waals surface area contributed by atoms with Gasteiger partial charge in [0.1, 0.15) is 0 Å². The van der Waals surface area contributed by atoms with Crippen LogP contribution >= 0.6 is 11.8 Å². The Hall–Kier alpha value is 0.117. The number of carbonyl (C=O) groups excluding carboxylic acids is 1. The van der Waals surface area contributed by atoms with E-state index in [2.05, 4.69) is 6.92 Å². The molecule has 0 bridgehead atoms. The third kappa shape index (κ3) is 21.1. The molecular formula is C27H56O4SSi. The number of rotatable bonds is 26. The van der Waals surface area contributed by atoms with Crippen molar-refractivity contribution in [1.82, 2.24) is 0 Å². The third-order valence-electron chi connectivity index (χ3n) is 5.97. The van der Waals surface area contributed by atoms with Gasteiger partial charge in [-0.25, -0.2) is 0 Å². The highest BCUT2D eigenvalue weighted by Crippen LogP contribution is 2.21. The lowest BCUT2D eigenvalue weighted by atomic mass is 10.0. The van der Waals surface area contributed by atoms with E-state index >= 15 is 0 Å². The predicted octanol–water partition coefficient (Wildman–Crippen LogP) is 8.95. The standard InChI is InChI=1S/C27H56O4SSi/c1-5-9-10-11-12-13-14-15-16-17-18-19-21-24-27(28)32-25-22-20-23-26-33(29-6-2,30-7-3)31-8-4/h5-26H2,1-4H3. The van der Waals surface area contributed by atoms with E-state index in [0.717, 1.165) is 43.9 Å². The summed E-state index contributed by atoms with van der Waals surface area (Å²) >= 11 is 1.53. The van der Waals surface area contributed by atoms with Crippen molar-refractivity contribution in [2.45, 2.75) is 143 Å². The lowest BCUT2D eigenvalue weighted by molar-refractivity contribution is -0.111. The van der Waals surface area contributed by atoms with Crippen LogP contribution in [0.2, 0.25) is 6.04 Å². The first-order valence-corrected chi connectivity index (χ1v) is 17.1. The van der Waals surface area contributed by atoms with Crippen LogP contribution in [0.3, 0.4) is 0 Å². The SMILES string of the molecule is CCCCCCCCCCCCCCCC(=O)SCCCCC[Si](OCC)(OCC)OCC. The topological polar surface area (TPSA) is 44.8 Å². The summed E-state index contributed by atoms with van der Waals surface area (Å²) in [6, 6.07) is 0.875. The predicted molar refractivity (Wildman–Crippen MR) is 147 cm³/mol. The second-order valence-electron chi connectivity index (χ2n) is 9.01. The molecule has 0 aromatic carbocycles. The fourth-order valence-corrected chi connectivity index (χ4v) is 7.72. The maximum Gasteiger partial charge on any atom is 0.500 e. The van der Waals surface area contributed by atoms with E-state index in [1.165, 1.54) is 88.8 Å². The van der Waals surface area contributed by atoms with Crippen LogP contribution in [0.4, 0.5) is 0 Å². The normalized spacial score (nSPS) is 11.9. The Labute approximate surface area is 212 Å². The van der Waals surface area contributed by atoms with Gasteiger partial charge < -0.3 is 13.3 Å². The quantitative estimate of drug-likeness (QED) is 0.0868. The molecule has 0 heterocycles. The zero-order valence-corrected chi connectivity index (χ0v) is 24.4. The molecule has 0 unspecified atom stereocenters. The average molecular weight is 505 g/mol. The molecule has 0 aliphatic rings. The van der Waals surface area contributed by atoms with Crippen LogP contribution in [0.5, 0.6) is 0 Å². The monoisotopic (exact) mass is 504 g/mol. The molecule has 0 amide bonds. The number of unbranched alkanes of at least 4 members (excludes halogenated alkanes) is 14. The van der Waals surface area contributed by atoms with Crippen molar-refractivity contribution in [3.8, 4) is 0 Å². The number of carbonyl (C=O) groups is 1. The molecule has 6 heteroatoms. The van der Waals surface area contributed by atoms with Gasteiger partial charge in [-0.1, -0.05) is 102 Å². The first-order valence-electron chi connectivity index (χ1n) is 14.2. The van der Waals surface area contributed by atoms with Gasteiger partial charge >= 0.3 is 8.80 Å². The summed E-state index contributed by atoms with van der Waals surface area (Å²) in [5.74, 6) is 0.934. The molecule has 0 atom stereocenters. The highest BCUT2D eigenvalue weighted by Gasteiger charge is 2.39. The van der Waals surface area contributed by atoms with E-state index in [1.54, 1.807) is 0 Å². The molecule has 0 aromatic heterocycles. The fraction of sp³-hybridized carbons (Fsp3) is 0.963. The maximum absolute atomic E-state index is 12.1. The minimum atomic E-state index is -2.50. The van der Waals surface area contributed by atoms with Crippen LogP contribution in [0.15, 0.2) is 0 Å². The van der Waals surface area contributed by atoms with Crippen molar-refractivity contribution in [3.63, 3.8) is 0 Å². The van der Waals surface area contributed by atoms with E-state index in [9.17, 15) is 4.79 Å². The Morgan fingerprint density at radius 2 is 1.00 bits per heavy atom. The Bertz CT molecular complexity index is 406. The number of hydrogen-bond acceptors (Lipinski definition) is 5. The van der Waals surface area contributed by atoms with E-state index in [1.807, 2.05) is 20.8 Å². The second kappa shape index (κ2) is 25.2. The van der Waals surface area contributed by atoms with Crippen LogP contribution in [0.1, 0.15) is 137 Å². The van der Waals surface area contributed by atoms with Crippen LogP contribution in [0, 0.1) is 0 Å². The molecule has 198 valence electrons. The lowest BCUT2D eigenvalue weighted by Crippen LogP contribution is -2.45. The van der Waals surface area contributed by atoms with Crippen LogP contribution in [-0.2, 0) is 18.1 Å². The van der Waals surface area contributed by atoms with Gasteiger partial charge in [-0.05, 0) is 40.0 Å². The summed E-state index contributed by atoms with van der Waals surface area (Å²) in [5, 5.41) is 0.375. The lowest BCUT2D eigenvalue weighted by Gasteiger charge is -2.28. The van der Waals surface area contributed by atoms with Crippen molar-refractivity contribution >= 4 is 25.7 Å². The van der Waals surface area contributed by atoms with Crippen molar-refractivity contribution in [3.05, 3.63) is 0 Å². The zero-order valence-electron chi connectivity index (χ0n) is 22.6. The van der Waals surface area contributed by atoms with Gasteiger partial charge in [0.15, 0.2) is 5.12 Å². The van der Waals surface area contributed by atoms with Gasteiger partial charge in [0.25, 0.3) is 0 Å². The minimum Gasteiger partial charge on any atom is -0.374 e. The molecule has 0 saturated heterocycles. The summed E-state index contributed by atoms with van der Waals surface area (Å²) < 4.78 is 17.7. The van der Waals surface area contributed by atoms with Crippen molar-refractivity contribution in [2.75, 3.05) is 25.6 Å². The largest absolute Gasteiger partial charge is 0.500 e. The van der Waals surface area contributed by atoms with Gasteiger partial charge in [0, 0.05) is 38.0 Å². The molecule has 0 rings (SSSR count). The van der Waals surface area contributed by atoms with Crippen LogP contribution in [0.25, 0.3) is 0 Å². The second-order valence-corrected chi connectivity index (χ2v) is 12.9. The summed E-state index contributed by atoms with van der Waals surface area (Å²) in [6.45, 7) is 10.2. The highest BCUT2D eigenvalue weighted by molar-refractivity contribution is 8.13. The van der Waals surface area contributed by atoms with Gasteiger partial charge in [-0.2, -0.15) is 0 Å². The minimum absolute atomic E-state index is 0.375. The van der Waals surface area contributed by atoms with E-state index < -0.39 is 8.80 Å². The molecule has 0 aliphatic carbocycles. The van der Waals surface area contributed by atoms with Crippen molar-refractivity contribution < 1.29 is 18.1 Å². The van der Waals surface area contributed by atoms with E-state index in [-0.39, 0.29) is 0 Å². The Balaban J connectivity index is 3.53. The first kappa shape index (κ1) is 33.1. The average Bonchev–Trinajstić information content (AvgIpc) is 2.80. The van der Waals surface area contributed by atoms with Crippen molar-refractivity contribution in [2.24, 2.45) is 0 Å². The molecule has 4 nitrogen and oxygen atoms in total. The summed E-state index contributed by atoms with van der Waals surface area (Å²) in [4.78, 5) is 12.1. The van der Waals surface area contributed by atoms with Crippen LogP contribution < -0.4 is 0 Å². The summed E-state index contributed by atoms with van der Waals surface area (Å²) in [7, 11) is -2.50. The summed E-state index contributed by atoms with van der Waals surface area (Å²) in [6.07, 6.45) is 21.5. The van der Waals surface area contributed by atoms with E-state index in [0.29, 0.717) is 24.9 Å². The molecule has 33 heavy (non-hydrogen) atoms. The van der Waals surface area contributed by atoms with E-state index in [4.69, 9.17) is 13.3 Å². The van der Waals surface area contributed by atoms with Gasteiger partial charge in [0.05, 0.1) is 0 Å². The Morgan fingerprint density at radius 3 is 1.45 bits per heavy atom. The summed E-state index contributed by atoms with van der Waals surface area (Å²) in [5.41, 5.74) is 0. The van der Waals surface area contributed by atoms with Crippen LogP contribution in [-0.4, -0.2) is 39.5 Å². The molecule has 0 N–H and O–H groups in total. The number of hydrogen-bond donors (Lipinski definition) is 0.